The topological polar surface area (TPSA) is 79.7 Å². The summed E-state index contributed by atoms with van der Waals surface area (Å²) in [5, 5.41) is 0. The standard InChI is InChI=1S/C11H18N2O3.C3H8.C2H6/c1-14-11-8-9(13)2-3-10(11)16-7-6-15-5-4-12;1-3-2;1-2/h2-3,8H,4-7,12-13H2,1H3;3H2,1-2H3;1-2H3. The van der Waals surface area contributed by atoms with Crippen molar-refractivity contribution in [3.05, 3.63) is 18.2 Å². The summed E-state index contributed by atoms with van der Waals surface area (Å²) in [5.41, 5.74) is 11.5. The minimum atomic E-state index is 0.459. The third kappa shape index (κ3) is 12.0. The largest absolute Gasteiger partial charge is 0.493 e. The summed E-state index contributed by atoms with van der Waals surface area (Å²) in [7, 11) is 1.58. The highest BCUT2D eigenvalue weighted by atomic mass is 16.5. The van der Waals surface area contributed by atoms with Crippen LogP contribution in [0.15, 0.2) is 18.2 Å². The molecule has 0 amide bonds. The van der Waals surface area contributed by atoms with E-state index in [-0.39, 0.29) is 0 Å². The van der Waals surface area contributed by atoms with Crippen LogP contribution in [-0.2, 0) is 4.74 Å². The molecule has 0 unspecified atom stereocenters. The predicted molar refractivity (Wildman–Crippen MR) is 90.1 cm³/mol. The van der Waals surface area contributed by atoms with Gasteiger partial charge in [0, 0.05) is 18.3 Å². The molecule has 0 saturated heterocycles. The van der Waals surface area contributed by atoms with E-state index in [1.54, 1.807) is 25.3 Å². The highest BCUT2D eigenvalue weighted by Crippen LogP contribution is 2.28. The van der Waals surface area contributed by atoms with Gasteiger partial charge in [-0.3, -0.25) is 0 Å². The zero-order valence-corrected chi connectivity index (χ0v) is 14.1. The molecule has 5 nitrogen and oxygen atoms in total. The minimum Gasteiger partial charge on any atom is -0.493 e. The Morgan fingerprint density at radius 3 is 2.14 bits per heavy atom. The van der Waals surface area contributed by atoms with Crippen LogP contribution in [-0.4, -0.2) is 33.5 Å². The van der Waals surface area contributed by atoms with E-state index in [1.165, 1.54) is 6.42 Å². The Morgan fingerprint density at radius 1 is 1.00 bits per heavy atom. The number of methoxy groups -OCH3 is 1. The van der Waals surface area contributed by atoms with Crippen LogP contribution in [0.3, 0.4) is 0 Å². The van der Waals surface area contributed by atoms with Gasteiger partial charge >= 0.3 is 0 Å². The number of hydrogen-bond donors (Lipinski definition) is 2. The van der Waals surface area contributed by atoms with Crippen molar-refractivity contribution in [1.29, 1.82) is 0 Å². The molecule has 0 aromatic heterocycles. The second-order valence-electron chi connectivity index (χ2n) is 3.87. The first-order chi connectivity index (χ1) is 10.2. The van der Waals surface area contributed by atoms with E-state index in [1.807, 2.05) is 13.8 Å². The second-order valence-corrected chi connectivity index (χ2v) is 3.87. The molecule has 124 valence electrons. The third-order valence-electron chi connectivity index (χ3n) is 1.94. The Hall–Kier alpha value is -1.46. The van der Waals surface area contributed by atoms with E-state index in [0.29, 0.717) is 43.6 Å². The summed E-state index contributed by atoms with van der Waals surface area (Å²) in [4.78, 5) is 0. The van der Waals surface area contributed by atoms with Crippen LogP contribution in [0.2, 0.25) is 0 Å². The lowest BCUT2D eigenvalue weighted by Crippen LogP contribution is -2.13. The van der Waals surface area contributed by atoms with Crippen molar-refractivity contribution >= 4 is 5.69 Å². The van der Waals surface area contributed by atoms with Crippen LogP contribution in [0.4, 0.5) is 5.69 Å². The van der Waals surface area contributed by atoms with Gasteiger partial charge in [0.2, 0.25) is 0 Å². The number of nitrogen functional groups attached to an aromatic ring is 1. The van der Waals surface area contributed by atoms with Gasteiger partial charge < -0.3 is 25.7 Å². The van der Waals surface area contributed by atoms with E-state index >= 15 is 0 Å². The van der Waals surface area contributed by atoms with E-state index in [9.17, 15) is 0 Å². The Morgan fingerprint density at radius 2 is 1.62 bits per heavy atom. The molecule has 0 bridgehead atoms. The zero-order valence-electron chi connectivity index (χ0n) is 14.1. The normalized spacial score (nSPS) is 8.86. The molecule has 1 aromatic rings. The van der Waals surface area contributed by atoms with Gasteiger partial charge in [0.1, 0.15) is 6.61 Å². The smallest absolute Gasteiger partial charge is 0.162 e. The number of benzene rings is 1. The van der Waals surface area contributed by atoms with E-state index in [2.05, 4.69) is 13.8 Å². The Bertz CT molecular complexity index is 333. The van der Waals surface area contributed by atoms with Crippen LogP contribution >= 0.6 is 0 Å². The van der Waals surface area contributed by atoms with Crippen molar-refractivity contribution in [2.24, 2.45) is 5.73 Å². The summed E-state index contributed by atoms with van der Waals surface area (Å²) in [5.74, 6) is 1.28. The number of nitrogens with two attached hydrogens (primary N) is 2. The van der Waals surface area contributed by atoms with Gasteiger partial charge in [-0.1, -0.05) is 34.1 Å². The average molecular weight is 300 g/mol. The van der Waals surface area contributed by atoms with Crippen molar-refractivity contribution in [2.45, 2.75) is 34.1 Å². The van der Waals surface area contributed by atoms with Crippen molar-refractivity contribution in [1.82, 2.24) is 0 Å². The summed E-state index contributed by atoms with van der Waals surface area (Å²) in [6.45, 7) is 10.3. The molecule has 0 aliphatic rings. The minimum absolute atomic E-state index is 0.459. The highest BCUT2D eigenvalue weighted by Gasteiger charge is 2.03. The molecule has 0 spiro atoms. The molecule has 0 fully saturated rings. The van der Waals surface area contributed by atoms with Crippen molar-refractivity contribution in [3.8, 4) is 11.5 Å². The maximum Gasteiger partial charge on any atom is 0.162 e. The fraction of sp³-hybridized carbons (Fsp3) is 0.625. The van der Waals surface area contributed by atoms with Crippen LogP contribution in [0.25, 0.3) is 0 Å². The molecule has 0 heterocycles. The molecular weight excluding hydrogens is 268 g/mol. The third-order valence-corrected chi connectivity index (χ3v) is 1.94. The summed E-state index contributed by atoms with van der Waals surface area (Å²) in [6.07, 6.45) is 1.25. The van der Waals surface area contributed by atoms with Crippen LogP contribution in [0, 0.1) is 0 Å². The zero-order chi connectivity index (χ0) is 16.5. The molecule has 0 aliphatic heterocycles. The summed E-state index contributed by atoms with van der Waals surface area (Å²) < 4.78 is 15.8. The number of rotatable bonds is 7. The maximum atomic E-state index is 5.62. The van der Waals surface area contributed by atoms with Gasteiger partial charge in [0.25, 0.3) is 0 Å². The molecule has 1 rings (SSSR count). The number of ether oxygens (including phenoxy) is 3. The van der Waals surface area contributed by atoms with Crippen molar-refractivity contribution in [2.75, 3.05) is 39.2 Å². The molecule has 0 saturated carbocycles. The van der Waals surface area contributed by atoms with Crippen LogP contribution in [0.1, 0.15) is 34.1 Å². The lowest BCUT2D eigenvalue weighted by Gasteiger charge is -2.11. The molecule has 0 atom stereocenters. The fourth-order valence-corrected chi connectivity index (χ4v) is 1.20. The Balaban J connectivity index is 0. The van der Waals surface area contributed by atoms with Crippen molar-refractivity contribution < 1.29 is 14.2 Å². The maximum absolute atomic E-state index is 5.62. The summed E-state index contributed by atoms with van der Waals surface area (Å²) in [6, 6.07) is 5.26. The van der Waals surface area contributed by atoms with E-state index in [4.69, 9.17) is 25.7 Å². The second kappa shape index (κ2) is 16.6. The Labute approximate surface area is 129 Å². The molecule has 4 N–H and O–H groups in total. The lowest BCUT2D eigenvalue weighted by molar-refractivity contribution is 0.105. The lowest BCUT2D eigenvalue weighted by atomic mass is 10.3. The molecule has 5 heteroatoms. The monoisotopic (exact) mass is 300 g/mol. The van der Waals surface area contributed by atoms with E-state index < -0.39 is 0 Å². The van der Waals surface area contributed by atoms with Gasteiger partial charge in [-0.05, 0) is 12.1 Å². The van der Waals surface area contributed by atoms with Gasteiger partial charge in [0.15, 0.2) is 11.5 Å². The molecule has 21 heavy (non-hydrogen) atoms. The first kappa shape index (κ1) is 21.8. The Kier molecular flexibility index (Phi) is 17.3. The van der Waals surface area contributed by atoms with Gasteiger partial charge in [0.05, 0.1) is 20.3 Å². The van der Waals surface area contributed by atoms with Crippen molar-refractivity contribution in [3.63, 3.8) is 0 Å². The summed E-state index contributed by atoms with van der Waals surface area (Å²) >= 11 is 0. The first-order valence-electron chi connectivity index (χ1n) is 7.53. The fourth-order valence-electron chi connectivity index (χ4n) is 1.20. The predicted octanol–water partition coefficient (Wildman–Crippen LogP) is 3.07. The SMILES string of the molecule is CC.CCC.COc1cc(N)ccc1OCCOCCN. The number of hydrogen-bond acceptors (Lipinski definition) is 5. The molecular formula is C16H32N2O3. The number of anilines is 1. The molecule has 1 aromatic carbocycles. The van der Waals surface area contributed by atoms with Gasteiger partial charge in [-0.2, -0.15) is 0 Å². The van der Waals surface area contributed by atoms with Gasteiger partial charge in [-0.15, -0.1) is 0 Å². The average Bonchev–Trinajstić information content (AvgIpc) is 2.51. The highest BCUT2D eigenvalue weighted by molar-refractivity contribution is 5.51. The first-order valence-corrected chi connectivity index (χ1v) is 7.53. The van der Waals surface area contributed by atoms with E-state index in [0.717, 1.165) is 0 Å². The van der Waals surface area contributed by atoms with Crippen LogP contribution in [0.5, 0.6) is 11.5 Å². The molecule has 0 aliphatic carbocycles. The van der Waals surface area contributed by atoms with Crippen LogP contribution < -0.4 is 20.9 Å². The molecule has 0 radical (unpaired) electrons. The van der Waals surface area contributed by atoms with Gasteiger partial charge in [-0.25, -0.2) is 0 Å². The quantitative estimate of drug-likeness (QED) is 0.597.